The predicted octanol–water partition coefficient (Wildman–Crippen LogP) is 3.04. The number of hydrogen-bond donors (Lipinski definition) is 1. The van der Waals surface area contributed by atoms with Crippen LogP contribution in [0.25, 0.3) is 0 Å². The molecule has 8 heteroatoms. The molecule has 1 amide bonds. The fourth-order valence-electron chi connectivity index (χ4n) is 3.06. The lowest BCUT2D eigenvalue weighted by atomic mass is 10.2. The van der Waals surface area contributed by atoms with E-state index in [1.54, 1.807) is 30.3 Å². The van der Waals surface area contributed by atoms with Gasteiger partial charge in [-0.3, -0.25) is 9.59 Å². The van der Waals surface area contributed by atoms with Crippen molar-refractivity contribution in [3.8, 4) is 5.75 Å². The molecule has 1 aliphatic rings. The molecule has 0 bridgehead atoms. The topological polar surface area (TPSA) is 92.8 Å². The van der Waals surface area contributed by atoms with Gasteiger partial charge in [0.05, 0.1) is 10.5 Å². The number of ether oxygens (including phenoxy) is 1. The Balaban J connectivity index is 1.74. The van der Waals surface area contributed by atoms with Gasteiger partial charge in [-0.15, -0.1) is 0 Å². The third-order valence-corrected chi connectivity index (χ3v) is 6.36. The van der Waals surface area contributed by atoms with E-state index in [0.717, 1.165) is 19.3 Å². The van der Waals surface area contributed by atoms with E-state index < -0.39 is 21.9 Å². The minimum absolute atomic E-state index is 0.164. The summed E-state index contributed by atoms with van der Waals surface area (Å²) in [6.07, 6.45) is 2.79. The van der Waals surface area contributed by atoms with E-state index in [0.29, 0.717) is 18.8 Å². The summed E-state index contributed by atoms with van der Waals surface area (Å²) in [5, 5.41) is 2.69. The number of anilines is 1. The van der Waals surface area contributed by atoms with Crippen LogP contribution in [0.3, 0.4) is 0 Å². The zero-order valence-corrected chi connectivity index (χ0v) is 16.4. The largest absolute Gasteiger partial charge is 0.426 e. The van der Waals surface area contributed by atoms with Crippen LogP contribution in [-0.4, -0.2) is 37.7 Å². The number of benzene rings is 2. The van der Waals surface area contributed by atoms with Gasteiger partial charge < -0.3 is 10.1 Å². The highest BCUT2D eigenvalue weighted by Crippen LogP contribution is 2.23. The van der Waals surface area contributed by atoms with Crippen molar-refractivity contribution in [2.24, 2.45) is 0 Å². The van der Waals surface area contributed by atoms with Crippen LogP contribution < -0.4 is 10.1 Å². The van der Waals surface area contributed by atoms with Crippen molar-refractivity contribution in [3.63, 3.8) is 0 Å². The second-order valence-electron chi connectivity index (χ2n) is 6.53. The summed E-state index contributed by atoms with van der Waals surface area (Å²) < 4.78 is 31.9. The summed E-state index contributed by atoms with van der Waals surface area (Å²) in [7, 11) is -3.52. The minimum Gasteiger partial charge on any atom is -0.426 e. The highest BCUT2D eigenvalue weighted by atomic mass is 32.2. The number of rotatable bonds is 5. The molecule has 1 heterocycles. The van der Waals surface area contributed by atoms with E-state index in [9.17, 15) is 18.0 Å². The van der Waals surface area contributed by atoms with Gasteiger partial charge in [-0.05, 0) is 49.2 Å². The van der Waals surface area contributed by atoms with Crippen LogP contribution in [0.4, 0.5) is 5.69 Å². The van der Waals surface area contributed by atoms with Crippen LogP contribution in [0.1, 0.15) is 36.5 Å². The van der Waals surface area contributed by atoms with Gasteiger partial charge >= 0.3 is 5.97 Å². The molecule has 3 rings (SSSR count). The van der Waals surface area contributed by atoms with Crippen molar-refractivity contribution in [3.05, 3.63) is 54.1 Å². The molecular weight excluding hydrogens is 380 g/mol. The molecule has 1 saturated heterocycles. The number of amides is 1. The maximum Gasteiger partial charge on any atom is 0.308 e. The lowest BCUT2D eigenvalue weighted by Crippen LogP contribution is -2.35. The summed E-state index contributed by atoms with van der Waals surface area (Å²) in [5.41, 5.74) is 0.655. The van der Waals surface area contributed by atoms with E-state index in [4.69, 9.17) is 4.74 Å². The van der Waals surface area contributed by atoms with Gasteiger partial charge in [0, 0.05) is 25.7 Å². The first-order valence-corrected chi connectivity index (χ1v) is 10.5. The van der Waals surface area contributed by atoms with Crippen LogP contribution in [0, 0.1) is 0 Å². The Hall–Kier alpha value is -2.71. The average molecular weight is 402 g/mol. The van der Waals surface area contributed by atoms with Gasteiger partial charge in [-0.2, -0.15) is 4.31 Å². The fourth-order valence-corrected chi connectivity index (χ4v) is 4.58. The molecule has 148 valence electrons. The Morgan fingerprint density at radius 3 is 2.25 bits per heavy atom. The number of hydrogen-bond acceptors (Lipinski definition) is 5. The number of carbonyl (C=O) groups is 2. The highest BCUT2D eigenvalue weighted by molar-refractivity contribution is 7.89. The fraction of sp³-hybridized carbons (Fsp3) is 0.300. The Labute approximate surface area is 164 Å². The monoisotopic (exact) mass is 402 g/mol. The predicted molar refractivity (Wildman–Crippen MR) is 105 cm³/mol. The first-order valence-electron chi connectivity index (χ1n) is 9.07. The van der Waals surface area contributed by atoms with Crippen LogP contribution in [0.5, 0.6) is 5.75 Å². The van der Waals surface area contributed by atoms with Crippen molar-refractivity contribution in [2.75, 3.05) is 18.4 Å². The lowest BCUT2D eigenvalue weighted by Gasteiger charge is -2.25. The first kappa shape index (κ1) is 20.0. The molecule has 0 atom stereocenters. The number of para-hydroxylation sites is 1. The number of esters is 1. The van der Waals surface area contributed by atoms with Crippen molar-refractivity contribution < 1.29 is 22.7 Å². The molecule has 0 saturated carbocycles. The smallest absolute Gasteiger partial charge is 0.308 e. The molecule has 2 aromatic rings. The van der Waals surface area contributed by atoms with Gasteiger partial charge in [0.15, 0.2) is 0 Å². The van der Waals surface area contributed by atoms with Crippen LogP contribution in [-0.2, 0) is 14.8 Å². The molecule has 0 aliphatic carbocycles. The van der Waals surface area contributed by atoms with Crippen molar-refractivity contribution in [2.45, 2.75) is 31.1 Å². The standard InChI is InChI=1S/C20H22N2O5S/c1-15(23)27-19-8-4-3-7-18(19)20(24)21-16-9-11-17(12-10-16)28(25,26)22-13-5-2-6-14-22/h3-4,7-12H,2,5-6,13-14H2,1H3,(H,21,24). The molecule has 28 heavy (non-hydrogen) atoms. The zero-order valence-electron chi connectivity index (χ0n) is 15.6. The summed E-state index contributed by atoms with van der Waals surface area (Å²) in [4.78, 5) is 23.9. The maximum absolute atomic E-state index is 12.7. The molecule has 0 aromatic heterocycles. The second kappa shape index (κ2) is 8.53. The first-order chi connectivity index (χ1) is 13.4. The quantitative estimate of drug-likeness (QED) is 0.613. The normalized spacial score (nSPS) is 15.0. The average Bonchev–Trinajstić information content (AvgIpc) is 2.69. The van der Waals surface area contributed by atoms with Crippen LogP contribution in [0.2, 0.25) is 0 Å². The molecule has 1 N–H and O–H groups in total. The Kier molecular flexibility index (Phi) is 6.11. The van der Waals surface area contributed by atoms with Gasteiger partial charge in [0.2, 0.25) is 10.0 Å². The molecule has 0 spiro atoms. The van der Waals surface area contributed by atoms with E-state index in [2.05, 4.69) is 5.32 Å². The Bertz CT molecular complexity index is 964. The van der Waals surface area contributed by atoms with E-state index >= 15 is 0 Å². The summed E-state index contributed by atoms with van der Waals surface area (Å²) >= 11 is 0. The van der Waals surface area contributed by atoms with Gasteiger partial charge in [-0.1, -0.05) is 18.6 Å². The van der Waals surface area contributed by atoms with E-state index in [1.165, 1.54) is 29.4 Å². The highest BCUT2D eigenvalue weighted by Gasteiger charge is 2.25. The van der Waals surface area contributed by atoms with Crippen LogP contribution in [0.15, 0.2) is 53.4 Å². The van der Waals surface area contributed by atoms with E-state index in [1.807, 2.05) is 0 Å². The van der Waals surface area contributed by atoms with Crippen molar-refractivity contribution >= 4 is 27.6 Å². The van der Waals surface area contributed by atoms with Crippen molar-refractivity contribution in [1.82, 2.24) is 4.31 Å². The van der Waals surface area contributed by atoms with Gasteiger partial charge in [0.25, 0.3) is 5.91 Å². The molecular formula is C20H22N2O5S. The zero-order chi connectivity index (χ0) is 20.1. The number of nitrogens with one attached hydrogen (secondary N) is 1. The van der Waals surface area contributed by atoms with Gasteiger partial charge in [-0.25, -0.2) is 8.42 Å². The molecule has 1 fully saturated rings. The number of piperidine rings is 1. The van der Waals surface area contributed by atoms with Gasteiger partial charge in [0.1, 0.15) is 5.75 Å². The summed E-state index contributed by atoms with van der Waals surface area (Å²) in [5.74, 6) is -0.812. The Morgan fingerprint density at radius 2 is 1.61 bits per heavy atom. The molecule has 1 aliphatic heterocycles. The summed E-state index contributed by atoms with van der Waals surface area (Å²) in [6, 6.07) is 12.5. The minimum atomic E-state index is -3.52. The SMILES string of the molecule is CC(=O)Oc1ccccc1C(=O)Nc1ccc(S(=O)(=O)N2CCCCC2)cc1. The molecule has 0 radical (unpaired) electrons. The number of sulfonamides is 1. The molecule has 2 aromatic carbocycles. The molecule has 0 unspecified atom stereocenters. The third-order valence-electron chi connectivity index (χ3n) is 4.45. The van der Waals surface area contributed by atoms with Crippen molar-refractivity contribution in [1.29, 1.82) is 0 Å². The lowest BCUT2D eigenvalue weighted by molar-refractivity contribution is -0.131. The second-order valence-corrected chi connectivity index (χ2v) is 8.47. The maximum atomic E-state index is 12.7. The Morgan fingerprint density at radius 1 is 0.964 bits per heavy atom. The number of nitrogens with zero attached hydrogens (tertiary/aromatic N) is 1. The summed E-state index contributed by atoms with van der Waals surface area (Å²) in [6.45, 7) is 2.33. The third kappa shape index (κ3) is 4.58. The van der Waals surface area contributed by atoms with Crippen LogP contribution >= 0.6 is 0 Å². The molecule has 7 nitrogen and oxygen atoms in total. The van der Waals surface area contributed by atoms with E-state index in [-0.39, 0.29) is 16.2 Å². The number of carbonyl (C=O) groups excluding carboxylic acids is 2.